The summed E-state index contributed by atoms with van der Waals surface area (Å²) in [6.45, 7) is 1.37. The van der Waals surface area contributed by atoms with Crippen molar-refractivity contribution in [1.82, 2.24) is 14.5 Å². The van der Waals surface area contributed by atoms with Crippen molar-refractivity contribution in [3.63, 3.8) is 0 Å². The molecular weight excluding hydrogens is 388 g/mol. The number of hydrogen-bond acceptors (Lipinski definition) is 6. The number of nitrogens with one attached hydrogen (secondary N) is 2. The Hall–Kier alpha value is -2.66. The lowest BCUT2D eigenvalue weighted by Crippen LogP contribution is -2.62. The van der Waals surface area contributed by atoms with Crippen LogP contribution in [-0.2, 0) is 24.3 Å². The van der Waals surface area contributed by atoms with Crippen LogP contribution in [0.2, 0.25) is 0 Å². The molecule has 2 atom stereocenters. The summed E-state index contributed by atoms with van der Waals surface area (Å²) in [7, 11) is -2.51. The highest BCUT2D eigenvalue weighted by molar-refractivity contribution is 7.88. The van der Waals surface area contributed by atoms with E-state index < -0.39 is 40.0 Å². The van der Waals surface area contributed by atoms with Gasteiger partial charge in [-0.05, 0) is 19.1 Å². The van der Waals surface area contributed by atoms with Crippen LogP contribution >= 0.6 is 0 Å². The molecule has 10 nitrogen and oxygen atoms in total. The van der Waals surface area contributed by atoms with Crippen LogP contribution in [0.25, 0.3) is 0 Å². The Morgan fingerprint density at radius 1 is 1.18 bits per heavy atom. The van der Waals surface area contributed by atoms with E-state index in [1.54, 1.807) is 24.3 Å². The molecule has 0 aliphatic carbocycles. The van der Waals surface area contributed by atoms with Gasteiger partial charge in [0.05, 0.1) is 13.4 Å². The summed E-state index contributed by atoms with van der Waals surface area (Å²) in [5.41, 5.74) is 0.582. The van der Waals surface area contributed by atoms with E-state index >= 15 is 0 Å². The first-order valence-corrected chi connectivity index (χ1v) is 10.4. The third kappa shape index (κ3) is 5.42. The van der Waals surface area contributed by atoms with Crippen molar-refractivity contribution in [2.45, 2.75) is 19.0 Å². The number of nitrogens with zero attached hydrogens (tertiary/aromatic N) is 2. The molecular formula is C17H24N4O6S. The van der Waals surface area contributed by atoms with Crippen LogP contribution in [0, 0.1) is 0 Å². The summed E-state index contributed by atoms with van der Waals surface area (Å²) >= 11 is 0. The van der Waals surface area contributed by atoms with Gasteiger partial charge in [0.1, 0.15) is 12.1 Å². The molecule has 1 aromatic carbocycles. The van der Waals surface area contributed by atoms with Gasteiger partial charge < -0.3 is 20.3 Å². The number of methoxy groups -OCH3 is 1. The number of carbonyl (C=O) groups is 3. The molecule has 1 fully saturated rings. The third-order valence-corrected chi connectivity index (χ3v) is 5.57. The van der Waals surface area contributed by atoms with Crippen molar-refractivity contribution in [3.8, 4) is 0 Å². The molecule has 11 heteroatoms. The first-order valence-electron chi connectivity index (χ1n) is 8.59. The monoisotopic (exact) mass is 412 g/mol. The average molecular weight is 412 g/mol. The zero-order valence-electron chi connectivity index (χ0n) is 15.9. The fourth-order valence-corrected chi connectivity index (χ4v) is 3.87. The topological polar surface area (TPSA) is 125 Å². The van der Waals surface area contributed by atoms with Crippen molar-refractivity contribution in [3.05, 3.63) is 30.3 Å². The van der Waals surface area contributed by atoms with E-state index in [0.717, 1.165) is 10.6 Å². The van der Waals surface area contributed by atoms with Crippen LogP contribution in [0.5, 0.6) is 0 Å². The summed E-state index contributed by atoms with van der Waals surface area (Å²) in [5, 5.41) is 5.14. The SMILES string of the molecule is COC(=O)C(C)NC(=O)C1CN(C(=O)Nc2ccccc2)CCN1S(C)(=O)=O. The predicted octanol–water partition coefficient (Wildman–Crippen LogP) is -0.158. The first-order chi connectivity index (χ1) is 13.1. The fraction of sp³-hybridized carbons (Fsp3) is 0.471. The van der Waals surface area contributed by atoms with Gasteiger partial charge >= 0.3 is 12.0 Å². The van der Waals surface area contributed by atoms with Gasteiger partial charge in [0, 0.05) is 25.3 Å². The Labute approximate surface area is 163 Å². The minimum Gasteiger partial charge on any atom is -0.467 e. The number of amides is 3. The van der Waals surface area contributed by atoms with Crippen LogP contribution in [0.3, 0.4) is 0 Å². The second-order valence-corrected chi connectivity index (χ2v) is 8.32. The number of hydrogen-bond donors (Lipinski definition) is 2. The summed E-state index contributed by atoms with van der Waals surface area (Å²) in [6.07, 6.45) is 0.997. The van der Waals surface area contributed by atoms with E-state index in [1.807, 2.05) is 6.07 Å². The standard InChI is InChI=1S/C17H24N4O6S/c1-12(16(23)27-2)18-15(22)14-11-20(9-10-21(14)28(3,25)26)17(24)19-13-7-5-4-6-8-13/h4-8,12,14H,9-11H2,1-3H3,(H,18,22)(H,19,24). The van der Waals surface area contributed by atoms with Gasteiger partial charge in [0.25, 0.3) is 0 Å². The molecule has 28 heavy (non-hydrogen) atoms. The van der Waals surface area contributed by atoms with Crippen molar-refractivity contribution in [2.75, 3.05) is 38.3 Å². The molecule has 1 aromatic rings. The summed E-state index contributed by atoms with van der Waals surface area (Å²) < 4.78 is 29.7. The number of benzene rings is 1. The Kier molecular flexibility index (Phi) is 6.97. The maximum absolute atomic E-state index is 12.6. The average Bonchev–Trinajstić information content (AvgIpc) is 2.66. The number of ether oxygens (including phenoxy) is 1. The van der Waals surface area contributed by atoms with Gasteiger partial charge in [-0.3, -0.25) is 4.79 Å². The van der Waals surface area contributed by atoms with E-state index in [-0.39, 0.29) is 19.6 Å². The molecule has 0 radical (unpaired) electrons. The maximum atomic E-state index is 12.6. The molecule has 1 aliphatic heterocycles. The zero-order valence-corrected chi connectivity index (χ0v) is 16.7. The van der Waals surface area contributed by atoms with Crippen LogP contribution in [0.1, 0.15) is 6.92 Å². The minimum atomic E-state index is -3.69. The van der Waals surface area contributed by atoms with Gasteiger partial charge in [-0.25, -0.2) is 18.0 Å². The Balaban J connectivity index is 2.14. The molecule has 154 valence electrons. The number of piperazine rings is 1. The number of esters is 1. The van der Waals surface area contributed by atoms with E-state index in [9.17, 15) is 22.8 Å². The number of urea groups is 1. The Morgan fingerprint density at radius 2 is 1.82 bits per heavy atom. The molecule has 2 unspecified atom stereocenters. The van der Waals surface area contributed by atoms with Crippen molar-refractivity contribution in [2.24, 2.45) is 0 Å². The molecule has 0 aromatic heterocycles. The molecule has 2 N–H and O–H groups in total. The highest BCUT2D eigenvalue weighted by atomic mass is 32.2. The van der Waals surface area contributed by atoms with Gasteiger partial charge in [-0.15, -0.1) is 0 Å². The number of anilines is 1. The number of rotatable bonds is 5. The van der Waals surface area contributed by atoms with Crippen molar-refractivity contribution in [1.29, 1.82) is 0 Å². The lowest BCUT2D eigenvalue weighted by atomic mass is 10.2. The van der Waals surface area contributed by atoms with Gasteiger partial charge in [0.2, 0.25) is 15.9 Å². The summed E-state index contributed by atoms with van der Waals surface area (Å²) in [6, 6.07) is 6.22. The smallest absolute Gasteiger partial charge is 0.328 e. The highest BCUT2D eigenvalue weighted by Crippen LogP contribution is 2.16. The Bertz CT molecular complexity index is 829. The number of carbonyl (C=O) groups excluding carboxylic acids is 3. The summed E-state index contributed by atoms with van der Waals surface area (Å²) in [5.74, 6) is -1.34. The van der Waals surface area contributed by atoms with Crippen LogP contribution in [-0.4, -0.2) is 80.6 Å². The first kappa shape index (κ1) is 21.6. The van der Waals surface area contributed by atoms with Gasteiger partial charge in [-0.1, -0.05) is 18.2 Å². The van der Waals surface area contributed by atoms with E-state index in [0.29, 0.717) is 5.69 Å². The molecule has 1 aliphatic rings. The van der Waals surface area contributed by atoms with Gasteiger partial charge in [0.15, 0.2) is 0 Å². The lowest BCUT2D eigenvalue weighted by molar-refractivity contribution is -0.145. The summed E-state index contributed by atoms with van der Waals surface area (Å²) in [4.78, 5) is 38.0. The van der Waals surface area contributed by atoms with Crippen LogP contribution in [0.4, 0.5) is 10.5 Å². The molecule has 1 heterocycles. The van der Waals surface area contributed by atoms with Crippen molar-refractivity contribution >= 4 is 33.6 Å². The number of sulfonamides is 1. The minimum absolute atomic E-state index is 0.0360. The predicted molar refractivity (Wildman–Crippen MR) is 102 cm³/mol. The van der Waals surface area contributed by atoms with E-state index in [1.165, 1.54) is 18.9 Å². The van der Waals surface area contributed by atoms with Crippen molar-refractivity contribution < 1.29 is 27.5 Å². The molecule has 0 spiro atoms. The molecule has 2 rings (SSSR count). The fourth-order valence-electron chi connectivity index (χ4n) is 2.83. The van der Waals surface area contributed by atoms with Gasteiger partial charge in [-0.2, -0.15) is 4.31 Å². The normalized spacial score (nSPS) is 18.8. The zero-order chi connectivity index (χ0) is 20.9. The molecule has 1 saturated heterocycles. The molecule has 3 amide bonds. The Morgan fingerprint density at radius 3 is 2.39 bits per heavy atom. The van der Waals surface area contributed by atoms with E-state index in [2.05, 4.69) is 15.4 Å². The van der Waals surface area contributed by atoms with Crippen LogP contribution < -0.4 is 10.6 Å². The third-order valence-electron chi connectivity index (χ3n) is 4.29. The number of para-hydroxylation sites is 1. The highest BCUT2D eigenvalue weighted by Gasteiger charge is 2.39. The molecule has 0 bridgehead atoms. The second-order valence-electron chi connectivity index (χ2n) is 6.39. The molecule has 0 saturated carbocycles. The lowest BCUT2D eigenvalue weighted by Gasteiger charge is -2.39. The quantitative estimate of drug-likeness (QED) is 0.648. The maximum Gasteiger partial charge on any atom is 0.328 e. The van der Waals surface area contributed by atoms with E-state index in [4.69, 9.17) is 0 Å². The second kappa shape index (κ2) is 9.02. The van der Waals surface area contributed by atoms with Crippen LogP contribution in [0.15, 0.2) is 30.3 Å². The largest absolute Gasteiger partial charge is 0.467 e.